The molecule has 0 fully saturated rings. The first-order chi connectivity index (χ1) is 20.1. The molecule has 41 heavy (non-hydrogen) atoms. The molecule has 1 atom stereocenters. The molecule has 0 bridgehead atoms. The summed E-state index contributed by atoms with van der Waals surface area (Å²) in [5.74, 6) is 0.887. The van der Waals surface area contributed by atoms with Crippen LogP contribution in [-0.2, 0) is 24.1 Å². The Labute approximate surface area is 248 Å². The lowest BCUT2D eigenvalue weighted by atomic mass is 9.74. The van der Waals surface area contributed by atoms with Gasteiger partial charge in [-0.05, 0) is 36.1 Å². The number of aliphatic hydroxyl groups is 1. The van der Waals surface area contributed by atoms with Gasteiger partial charge in [-0.15, -0.1) is 0 Å². The standard InChI is InChI=1S/C37H51N2O2/c1-4-6-7-8-9-10-11-12-13-22-29-41-30-39-35-28-21-20-27-34(35)38(3)36(39)33(5-2)37(40,31-23-16-14-17-24-31)32-25-18-15-19-26-32/h14-21,23-28,33,40H,4-13,22,29-30H2,1-3H3/q+1. The number of rotatable bonds is 18. The molecule has 4 rings (SSSR count). The SMILES string of the molecule is CCCCCCCCCCCCOCn1c(C(CC)C(O)(c2ccccc2)c2ccccc2)[n+](C)c2ccccc21. The van der Waals surface area contributed by atoms with Crippen LogP contribution in [0.1, 0.15) is 107 Å². The van der Waals surface area contributed by atoms with Gasteiger partial charge in [0.25, 0.3) is 5.82 Å². The van der Waals surface area contributed by atoms with Crippen LogP contribution in [-0.4, -0.2) is 16.3 Å². The van der Waals surface area contributed by atoms with E-state index in [2.05, 4.69) is 54.3 Å². The first-order valence-electron chi connectivity index (χ1n) is 16.0. The third-order valence-corrected chi connectivity index (χ3v) is 8.67. The first kappa shape index (κ1) is 31.0. The molecule has 0 spiro atoms. The van der Waals surface area contributed by atoms with Gasteiger partial charge in [-0.3, -0.25) is 0 Å². The van der Waals surface area contributed by atoms with E-state index in [4.69, 9.17) is 4.74 Å². The highest BCUT2D eigenvalue weighted by Crippen LogP contribution is 2.44. The quantitative estimate of drug-likeness (QED) is 0.0984. The highest BCUT2D eigenvalue weighted by atomic mass is 16.5. The van der Waals surface area contributed by atoms with E-state index >= 15 is 0 Å². The van der Waals surface area contributed by atoms with Crippen LogP contribution in [0.2, 0.25) is 0 Å². The fraction of sp³-hybridized carbons (Fsp3) is 0.486. The number of ether oxygens (including phenoxy) is 1. The Morgan fingerprint density at radius 2 is 1.22 bits per heavy atom. The second-order valence-electron chi connectivity index (χ2n) is 11.5. The fourth-order valence-corrected chi connectivity index (χ4v) is 6.43. The number of para-hydroxylation sites is 2. The molecule has 0 aliphatic heterocycles. The minimum Gasteiger partial charge on any atom is -0.379 e. The summed E-state index contributed by atoms with van der Waals surface area (Å²) >= 11 is 0. The summed E-state index contributed by atoms with van der Waals surface area (Å²) in [6.45, 7) is 5.68. The third kappa shape index (κ3) is 7.47. The second-order valence-corrected chi connectivity index (χ2v) is 11.5. The van der Waals surface area contributed by atoms with Gasteiger partial charge in [-0.2, -0.15) is 0 Å². The zero-order chi connectivity index (χ0) is 28.9. The molecule has 1 N–H and O–H groups in total. The molecular formula is C37H51N2O2+. The molecule has 0 saturated heterocycles. The van der Waals surface area contributed by atoms with E-state index in [1.165, 1.54) is 57.8 Å². The molecule has 0 saturated carbocycles. The molecule has 0 amide bonds. The summed E-state index contributed by atoms with van der Waals surface area (Å²) in [7, 11) is 2.12. The largest absolute Gasteiger partial charge is 0.379 e. The van der Waals surface area contributed by atoms with E-state index in [0.717, 1.165) is 47.4 Å². The van der Waals surface area contributed by atoms with Crippen LogP contribution in [0, 0.1) is 0 Å². The van der Waals surface area contributed by atoms with Crippen LogP contribution in [0.15, 0.2) is 84.9 Å². The van der Waals surface area contributed by atoms with Crippen LogP contribution >= 0.6 is 0 Å². The van der Waals surface area contributed by atoms with E-state index in [-0.39, 0.29) is 5.92 Å². The van der Waals surface area contributed by atoms with Crippen molar-refractivity contribution in [3.63, 3.8) is 0 Å². The maximum Gasteiger partial charge on any atom is 0.265 e. The van der Waals surface area contributed by atoms with Crippen molar-refractivity contribution in [1.29, 1.82) is 0 Å². The first-order valence-corrected chi connectivity index (χ1v) is 16.0. The Morgan fingerprint density at radius 1 is 0.707 bits per heavy atom. The van der Waals surface area contributed by atoms with Gasteiger partial charge in [0.05, 0.1) is 19.6 Å². The van der Waals surface area contributed by atoms with Gasteiger partial charge in [0.1, 0.15) is 5.60 Å². The smallest absolute Gasteiger partial charge is 0.265 e. The zero-order valence-electron chi connectivity index (χ0n) is 25.6. The molecule has 4 heteroatoms. The number of imidazole rings is 1. The zero-order valence-corrected chi connectivity index (χ0v) is 25.6. The van der Waals surface area contributed by atoms with E-state index in [9.17, 15) is 5.11 Å². The molecule has 1 unspecified atom stereocenters. The van der Waals surface area contributed by atoms with Crippen molar-refractivity contribution >= 4 is 11.0 Å². The van der Waals surface area contributed by atoms with Gasteiger partial charge in [0.15, 0.2) is 17.8 Å². The molecule has 0 radical (unpaired) electrons. The molecule has 220 valence electrons. The van der Waals surface area contributed by atoms with Gasteiger partial charge >= 0.3 is 0 Å². The molecular weight excluding hydrogens is 504 g/mol. The number of benzene rings is 3. The van der Waals surface area contributed by atoms with E-state index in [0.29, 0.717) is 6.73 Å². The molecule has 3 aromatic carbocycles. The van der Waals surface area contributed by atoms with Crippen molar-refractivity contribution in [2.75, 3.05) is 6.61 Å². The Kier molecular flexibility index (Phi) is 12.0. The van der Waals surface area contributed by atoms with Gasteiger partial charge in [-0.1, -0.05) is 144 Å². The summed E-state index contributed by atoms with van der Waals surface area (Å²) in [6.07, 6.45) is 13.9. The fourth-order valence-electron chi connectivity index (χ4n) is 6.43. The molecule has 0 aliphatic carbocycles. The van der Waals surface area contributed by atoms with Crippen molar-refractivity contribution in [2.24, 2.45) is 7.05 Å². The van der Waals surface area contributed by atoms with Crippen LogP contribution in [0.3, 0.4) is 0 Å². The lowest BCUT2D eigenvalue weighted by Crippen LogP contribution is -2.44. The Hall–Kier alpha value is -2.95. The summed E-state index contributed by atoms with van der Waals surface area (Å²) in [4.78, 5) is 0. The van der Waals surface area contributed by atoms with Crippen LogP contribution in [0.4, 0.5) is 0 Å². The van der Waals surface area contributed by atoms with Crippen molar-refractivity contribution < 1.29 is 14.4 Å². The monoisotopic (exact) mass is 555 g/mol. The van der Waals surface area contributed by atoms with Gasteiger partial charge < -0.3 is 9.84 Å². The van der Waals surface area contributed by atoms with Crippen molar-refractivity contribution in [3.05, 3.63) is 102 Å². The van der Waals surface area contributed by atoms with Gasteiger partial charge in [0.2, 0.25) is 0 Å². The predicted molar refractivity (Wildman–Crippen MR) is 170 cm³/mol. The van der Waals surface area contributed by atoms with Gasteiger partial charge in [0, 0.05) is 0 Å². The highest BCUT2D eigenvalue weighted by molar-refractivity contribution is 5.72. The molecule has 1 heterocycles. The van der Waals surface area contributed by atoms with Crippen molar-refractivity contribution in [2.45, 2.75) is 103 Å². The van der Waals surface area contributed by atoms with Crippen LogP contribution in [0.25, 0.3) is 11.0 Å². The van der Waals surface area contributed by atoms with Gasteiger partial charge in [-0.25, -0.2) is 9.13 Å². The lowest BCUT2D eigenvalue weighted by molar-refractivity contribution is -0.656. The second kappa shape index (κ2) is 15.9. The van der Waals surface area contributed by atoms with E-state index in [1.807, 2.05) is 60.7 Å². The number of aryl methyl sites for hydroxylation is 1. The summed E-state index contributed by atoms with van der Waals surface area (Å²) in [6, 6.07) is 28.8. The minimum absolute atomic E-state index is 0.189. The number of unbranched alkanes of at least 4 members (excludes halogenated alkanes) is 9. The molecule has 0 aliphatic rings. The van der Waals surface area contributed by atoms with Crippen LogP contribution < -0.4 is 4.57 Å². The number of fused-ring (bicyclic) bond motifs is 1. The number of aromatic nitrogens is 2. The number of hydrogen-bond acceptors (Lipinski definition) is 2. The minimum atomic E-state index is -1.20. The predicted octanol–water partition coefficient (Wildman–Crippen LogP) is 8.79. The number of nitrogens with zero attached hydrogens (tertiary/aromatic N) is 2. The lowest BCUT2D eigenvalue weighted by Gasteiger charge is -2.35. The summed E-state index contributed by atoms with van der Waals surface area (Å²) in [5.41, 5.74) is 2.89. The highest BCUT2D eigenvalue weighted by Gasteiger charge is 2.46. The van der Waals surface area contributed by atoms with Crippen molar-refractivity contribution in [1.82, 2.24) is 4.57 Å². The molecule has 4 aromatic rings. The van der Waals surface area contributed by atoms with Crippen LogP contribution in [0.5, 0.6) is 0 Å². The van der Waals surface area contributed by atoms with E-state index < -0.39 is 5.60 Å². The maximum atomic E-state index is 12.7. The normalized spacial score (nSPS) is 12.7. The average Bonchev–Trinajstić information content (AvgIpc) is 3.29. The number of hydrogen-bond donors (Lipinski definition) is 1. The van der Waals surface area contributed by atoms with Crippen molar-refractivity contribution in [3.8, 4) is 0 Å². The van der Waals surface area contributed by atoms with E-state index in [1.54, 1.807) is 0 Å². The third-order valence-electron chi connectivity index (χ3n) is 8.67. The molecule has 1 aromatic heterocycles. The Morgan fingerprint density at radius 3 is 1.78 bits per heavy atom. The maximum absolute atomic E-state index is 12.7. The summed E-state index contributed by atoms with van der Waals surface area (Å²) in [5, 5.41) is 12.7. The molecule has 4 nitrogen and oxygen atoms in total. The Balaban J connectivity index is 1.52. The average molecular weight is 556 g/mol. The summed E-state index contributed by atoms with van der Waals surface area (Å²) < 4.78 is 10.9. The topological polar surface area (TPSA) is 38.3 Å². The Bertz CT molecular complexity index is 1260.